The van der Waals surface area contributed by atoms with Gasteiger partial charge >= 0.3 is 0 Å². The summed E-state index contributed by atoms with van der Waals surface area (Å²) in [5, 5.41) is 0. The van der Waals surface area contributed by atoms with E-state index in [0.29, 0.717) is 0 Å². The van der Waals surface area contributed by atoms with Crippen molar-refractivity contribution < 1.29 is 0 Å². The van der Waals surface area contributed by atoms with Crippen LogP contribution in [0.3, 0.4) is 0 Å². The number of hydrogen-bond donors (Lipinski definition) is 0. The van der Waals surface area contributed by atoms with Gasteiger partial charge in [-0.05, 0) is 101 Å². The summed E-state index contributed by atoms with van der Waals surface area (Å²) in [7, 11) is 2.24. The van der Waals surface area contributed by atoms with Crippen LogP contribution in [0.4, 0.5) is 11.4 Å². The van der Waals surface area contributed by atoms with E-state index in [1.807, 2.05) is 0 Å². The smallest absolute Gasteiger partial charge is 0.0414 e. The molecule has 0 aliphatic heterocycles. The summed E-state index contributed by atoms with van der Waals surface area (Å²) < 4.78 is 0. The highest BCUT2D eigenvalue weighted by Gasteiger charge is 2.42. The third kappa shape index (κ3) is 5.25. The number of unbranched alkanes of at least 4 members (excludes halogenated alkanes) is 5. The van der Waals surface area contributed by atoms with Gasteiger partial charge in [-0.3, -0.25) is 0 Å². The summed E-state index contributed by atoms with van der Waals surface area (Å²) in [6.45, 7) is 6.92. The number of benzene rings is 4. The maximum absolute atomic E-state index is 2.55. The first-order chi connectivity index (χ1) is 20.0. The van der Waals surface area contributed by atoms with Gasteiger partial charge in [0.2, 0.25) is 0 Å². The minimum atomic E-state index is 0.115. The molecule has 0 radical (unpaired) electrons. The van der Waals surface area contributed by atoms with E-state index in [4.69, 9.17) is 0 Å². The average molecular weight is 542 g/mol. The Morgan fingerprint density at radius 2 is 1.27 bits per heavy atom. The van der Waals surface area contributed by atoms with E-state index in [9.17, 15) is 0 Å². The highest BCUT2D eigenvalue weighted by Crippen LogP contribution is 2.55. The van der Waals surface area contributed by atoms with Crippen molar-refractivity contribution in [3.63, 3.8) is 0 Å². The van der Waals surface area contributed by atoms with Crippen molar-refractivity contribution in [3.05, 3.63) is 107 Å². The molecule has 0 saturated carbocycles. The fraction of sp³-hybridized carbons (Fsp3) is 0.400. The van der Waals surface area contributed by atoms with E-state index in [1.54, 1.807) is 11.1 Å². The first-order valence-corrected chi connectivity index (χ1v) is 16.3. The Kier molecular flexibility index (Phi) is 8.07. The van der Waals surface area contributed by atoms with Crippen LogP contribution >= 0.6 is 0 Å². The number of aryl methyl sites for hydroxylation is 3. The lowest BCUT2D eigenvalue weighted by Gasteiger charge is -2.34. The Labute approximate surface area is 248 Å². The first-order valence-electron chi connectivity index (χ1n) is 16.3. The number of nitrogens with zero attached hydrogens (tertiary/aromatic N) is 1. The number of hydrogen-bond acceptors (Lipinski definition) is 1. The van der Waals surface area contributed by atoms with Crippen LogP contribution in [0.5, 0.6) is 0 Å². The van der Waals surface area contributed by atoms with Crippen LogP contribution in [0, 0.1) is 6.92 Å². The molecule has 0 fully saturated rings. The highest BCUT2D eigenvalue weighted by atomic mass is 15.1. The molecule has 1 atom stereocenters. The number of anilines is 2. The molecule has 6 rings (SSSR count). The minimum absolute atomic E-state index is 0.115. The van der Waals surface area contributed by atoms with Gasteiger partial charge in [0.1, 0.15) is 0 Å². The molecular formula is C40H47N. The molecule has 2 aliphatic carbocycles. The van der Waals surface area contributed by atoms with Crippen molar-refractivity contribution in [2.24, 2.45) is 0 Å². The molecule has 212 valence electrons. The second-order valence-electron chi connectivity index (χ2n) is 12.7. The Hall–Kier alpha value is -3.32. The standard InChI is InChI=1S/C40H47N/c1-5-7-9-11-24-40(23-10-8-6-2)38-25-29(3)15-21-36(38)37-22-20-35(28-39(37)40)41(4)34-14-12-13-31(27-34)33-19-17-30-16-18-32(30)26-33/h12-15,17,19-22,25-28H,5-11,16,18,23-24H2,1-4H3. The lowest BCUT2D eigenvalue weighted by atomic mass is 9.70. The second-order valence-corrected chi connectivity index (χ2v) is 12.7. The van der Waals surface area contributed by atoms with Crippen LogP contribution in [0.25, 0.3) is 22.3 Å². The van der Waals surface area contributed by atoms with Gasteiger partial charge in [-0.2, -0.15) is 0 Å². The molecular weight excluding hydrogens is 494 g/mol. The van der Waals surface area contributed by atoms with E-state index in [2.05, 4.69) is 112 Å². The molecule has 1 unspecified atom stereocenters. The van der Waals surface area contributed by atoms with Crippen LogP contribution in [0.2, 0.25) is 0 Å². The van der Waals surface area contributed by atoms with E-state index in [-0.39, 0.29) is 5.41 Å². The zero-order chi connectivity index (χ0) is 28.4. The molecule has 41 heavy (non-hydrogen) atoms. The maximum Gasteiger partial charge on any atom is 0.0414 e. The highest BCUT2D eigenvalue weighted by molar-refractivity contribution is 5.84. The number of rotatable bonds is 12. The van der Waals surface area contributed by atoms with Gasteiger partial charge in [0.05, 0.1) is 0 Å². The normalized spacial score (nSPS) is 16.6. The van der Waals surface area contributed by atoms with Gasteiger partial charge in [0.15, 0.2) is 0 Å². The first kappa shape index (κ1) is 27.8. The van der Waals surface area contributed by atoms with Crippen molar-refractivity contribution in [1.29, 1.82) is 0 Å². The van der Waals surface area contributed by atoms with Gasteiger partial charge in [-0.25, -0.2) is 0 Å². The van der Waals surface area contributed by atoms with Crippen molar-refractivity contribution >= 4 is 11.4 Å². The molecule has 1 nitrogen and oxygen atoms in total. The van der Waals surface area contributed by atoms with Crippen LogP contribution in [0.15, 0.2) is 78.9 Å². The quantitative estimate of drug-likeness (QED) is 0.161. The average Bonchev–Trinajstić information content (AvgIpc) is 3.24. The van der Waals surface area contributed by atoms with E-state index < -0.39 is 0 Å². The summed E-state index contributed by atoms with van der Waals surface area (Å²) in [5.41, 5.74) is 15.8. The van der Waals surface area contributed by atoms with Crippen molar-refractivity contribution in [2.75, 3.05) is 11.9 Å². The molecule has 0 N–H and O–H groups in total. The molecule has 2 aliphatic rings. The van der Waals surface area contributed by atoms with Crippen LogP contribution in [0.1, 0.15) is 99.5 Å². The van der Waals surface area contributed by atoms with E-state index >= 15 is 0 Å². The van der Waals surface area contributed by atoms with Gasteiger partial charge in [0.25, 0.3) is 0 Å². The zero-order valence-electron chi connectivity index (χ0n) is 25.7. The van der Waals surface area contributed by atoms with E-state index in [0.717, 1.165) is 0 Å². The lowest BCUT2D eigenvalue weighted by molar-refractivity contribution is 0.403. The third-order valence-corrected chi connectivity index (χ3v) is 9.99. The summed E-state index contributed by atoms with van der Waals surface area (Å²) in [4.78, 5) is 2.40. The minimum Gasteiger partial charge on any atom is -0.345 e. The van der Waals surface area contributed by atoms with Gasteiger partial charge in [-0.15, -0.1) is 0 Å². The molecule has 0 spiro atoms. The summed E-state index contributed by atoms with van der Waals surface area (Å²) in [6.07, 6.45) is 14.1. The lowest BCUT2D eigenvalue weighted by Crippen LogP contribution is -2.26. The molecule has 0 amide bonds. The van der Waals surface area contributed by atoms with Crippen molar-refractivity contribution in [1.82, 2.24) is 0 Å². The summed E-state index contributed by atoms with van der Waals surface area (Å²) in [6, 6.07) is 30.7. The largest absolute Gasteiger partial charge is 0.345 e. The molecule has 0 aromatic heterocycles. The Morgan fingerprint density at radius 3 is 2.00 bits per heavy atom. The van der Waals surface area contributed by atoms with Crippen molar-refractivity contribution in [2.45, 2.75) is 96.8 Å². The topological polar surface area (TPSA) is 3.24 Å². The fourth-order valence-corrected chi connectivity index (χ4v) is 7.42. The molecule has 1 heteroatoms. The third-order valence-electron chi connectivity index (χ3n) is 9.99. The fourth-order valence-electron chi connectivity index (χ4n) is 7.42. The summed E-state index contributed by atoms with van der Waals surface area (Å²) >= 11 is 0. The Bertz CT molecular complexity index is 1530. The molecule has 4 aromatic carbocycles. The Balaban J connectivity index is 1.38. The van der Waals surface area contributed by atoms with Crippen LogP contribution in [-0.2, 0) is 18.3 Å². The molecule has 4 aromatic rings. The molecule has 0 saturated heterocycles. The van der Waals surface area contributed by atoms with Crippen LogP contribution in [-0.4, -0.2) is 7.05 Å². The Morgan fingerprint density at radius 1 is 0.610 bits per heavy atom. The molecule has 0 heterocycles. The van der Waals surface area contributed by atoms with Crippen LogP contribution < -0.4 is 4.90 Å². The van der Waals surface area contributed by atoms with Gasteiger partial charge in [-0.1, -0.05) is 119 Å². The number of fused-ring (bicyclic) bond motifs is 4. The predicted octanol–water partition coefficient (Wildman–Crippen LogP) is 11.3. The van der Waals surface area contributed by atoms with Crippen molar-refractivity contribution in [3.8, 4) is 22.3 Å². The maximum atomic E-state index is 2.55. The zero-order valence-corrected chi connectivity index (χ0v) is 25.7. The SMILES string of the molecule is CCCCCCC1(CCCCC)c2cc(C)ccc2-c2ccc(N(C)c3cccc(-c4ccc5c(c4)CC5)c3)cc21. The monoisotopic (exact) mass is 541 g/mol. The van der Waals surface area contributed by atoms with Gasteiger partial charge in [0, 0.05) is 23.8 Å². The summed E-state index contributed by atoms with van der Waals surface area (Å²) in [5.74, 6) is 0. The molecule has 0 bridgehead atoms. The predicted molar refractivity (Wildman–Crippen MR) is 178 cm³/mol. The van der Waals surface area contributed by atoms with E-state index in [1.165, 1.54) is 121 Å². The second kappa shape index (κ2) is 11.9. The van der Waals surface area contributed by atoms with Gasteiger partial charge < -0.3 is 4.90 Å².